The van der Waals surface area contributed by atoms with Gasteiger partial charge >= 0.3 is 0 Å². The highest BCUT2D eigenvalue weighted by Crippen LogP contribution is 2.38. The van der Waals surface area contributed by atoms with Gasteiger partial charge in [-0.2, -0.15) is 0 Å². The van der Waals surface area contributed by atoms with Gasteiger partial charge in [0.05, 0.1) is 22.2 Å². The number of hydrogen-bond acceptors (Lipinski definition) is 3. The number of imide groups is 1. The second kappa shape index (κ2) is 5.42. The summed E-state index contributed by atoms with van der Waals surface area (Å²) in [5.74, 6) is -0.321. The standard InChI is InChI=1S/C18H16N2O2S/c1-12-17(21)20(18(22)23-12)16-9-5-8-15-14(16)10-11-19(15)13-6-3-2-4-7-13/h3,5-6,8-11,13H,1-2,4,7H2. The minimum Gasteiger partial charge on any atom is -0.341 e. The molecule has 0 radical (unpaired) electrons. The van der Waals surface area contributed by atoms with Gasteiger partial charge in [-0.1, -0.05) is 24.8 Å². The fraction of sp³-hybridized carbons (Fsp3) is 0.222. The highest BCUT2D eigenvalue weighted by atomic mass is 32.2. The Hall–Kier alpha value is -2.27. The second-order valence-electron chi connectivity index (χ2n) is 5.79. The molecule has 0 N–H and O–H groups in total. The van der Waals surface area contributed by atoms with E-state index in [9.17, 15) is 9.59 Å². The number of amides is 2. The van der Waals surface area contributed by atoms with E-state index in [-0.39, 0.29) is 16.1 Å². The molecule has 2 aliphatic rings. The summed E-state index contributed by atoms with van der Waals surface area (Å²) >= 11 is 0.900. The first-order valence-corrected chi connectivity index (χ1v) is 8.50. The molecule has 0 bridgehead atoms. The smallest absolute Gasteiger partial charge is 0.298 e. The molecule has 0 spiro atoms. The highest BCUT2D eigenvalue weighted by molar-refractivity contribution is 8.18. The van der Waals surface area contributed by atoms with Crippen LogP contribution in [0.1, 0.15) is 25.3 Å². The van der Waals surface area contributed by atoms with Gasteiger partial charge in [-0.05, 0) is 49.2 Å². The minimum atomic E-state index is -0.321. The van der Waals surface area contributed by atoms with E-state index in [1.165, 1.54) is 11.3 Å². The van der Waals surface area contributed by atoms with Crippen LogP contribution in [0.15, 0.2) is 54.1 Å². The van der Waals surface area contributed by atoms with E-state index in [1.54, 1.807) is 0 Å². The van der Waals surface area contributed by atoms with Gasteiger partial charge in [-0.15, -0.1) is 0 Å². The zero-order valence-corrected chi connectivity index (χ0v) is 13.4. The van der Waals surface area contributed by atoms with E-state index in [2.05, 4.69) is 23.3 Å². The summed E-state index contributed by atoms with van der Waals surface area (Å²) in [4.78, 5) is 25.9. The van der Waals surface area contributed by atoms with Crippen LogP contribution >= 0.6 is 11.8 Å². The van der Waals surface area contributed by atoms with Crippen molar-refractivity contribution in [2.45, 2.75) is 25.3 Å². The monoisotopic (exact) mass is 324 g/mol. The van der Waals surface area contributed by atoms with Crippen LogP contribution in [0.3, 0.4) is 0 Å². The fourth-order valence-electron chi connectivity index (χ4n) is 3.29. The number of thioether (sulfide) groups is 1. The Morgan fingerprint density at radius 2 is 2.09 bits per heavy atom. The maximum atomic E-state index is 12.2. The lowest BCUT2D eigenvalue weighted by atomic mass is 10.0. The summed E-state index contributed by atoms with van der Waals surface area (Å²) in [5.41, 5.74) is 1.68. The summed E-state index contributed by atoms with van der Waals surface area (Å²) < 4.78 is 2.22. The van der Waals surface area contributed by atoms with Crippen molar-refractivity contribution in [1.82, 2.24) is 4.57 Å². The molecule has 2 aromatic rings. The molecule has 1 aromatic carbocycles. The Morgan fingerprint density at radius 1 is 1.22 bits per heavy atom. The average Bonchev–Trinajstić information content (AvgIpc) is 3.10. The lowest BCUT2D eigenvalue weighted by molar-refractivity contribution is -0.113. The number of allylic oxidation sites excluding steroid dienone is 2. The van der Waals surface area contributed by atoms with Crippen molar-refractivity contribution in [2.24, 2.45) is 0 Å². The summed E-state index contributed by atoms with van der Waals surface area (Å²) in [5, 5.41) is 0.640. The molecule has 1 aliphatic carbocycles. The zero-order chi connectivity index (χ0) is 16.0. The van der Waals surface area contributed by atoms with Gasteiger partial charge in [0.1, 0.15) is 0 Å². The summed E-state index contributed by atoms with van der Waals surface area (Å²) in [7, 11) is 0. The number of fused-ring (bicyclic) bond motifs is 1. The zero-order valence-electron chi connectivity index (χ0n) is 12.6. The van der Waals surface area contributed by atoms with Crippen LogP contribution in [-0.2, 0) is 4.79 Å². The van der Waals surface area contributed by atoms with Crippen LogP contribution in [-0.4, -0.2) is 15.7 Å². The quantitative estimate of drug-likeness (QED) is 0.597. The largest absolute Gasteiger partial charge is 0.341 e. The molecule has 2 heterocycles. The van der Waals surface area contributed by atoms with E-state index < -0.39 is 0 Å². The predicted molar refractivity (Wildman–Crippen MR) is 93.6 cm³/mol. The molecule has 2 amide bonds. The van der Waals surface area contributed by atoms with Gasteiger partial charge in [0.2, 0.25) is 0 Å². The fourth-order valence-corrected chi connectivity index (χ4v) is 3.95. The molecule has 23 heavy (non-hydrogen) atoms. The highest BCUT2D eigenvalue weighted by Gasteiger charge is 2.36. The number of carbonyl (C=O) groups excluding carboxylic acids is 2. The first kappa shape index (κ1) is 14.3. The third-order valence-electron chi connectivity index (χ3n) is 4.40. The van der Waals surface area contributed by atoms with Crippen molar-refractivity contribution in [2.75, 3.05) is 4.90 Å². The summed E-state index contributed by atoms with van der Waals surface area (Å²) in [6, 6.07) is 8.07. The van der Waals surface area contributed by atoms with E-state index in [1.807, 2.05) is 30.5 Å². The topological polar surface area (TPSA) is 42.3 Å². The predicted octanol–water partition coefficient (Wildman–Crippen LogP) is 4.64. The molecular weight excluding hydrogens is 308 g/mol. The van der Waals surface area contributed by atoms with Crippen molar-refractivity contribution in [1.29, 1.82) is 0 Å². The van der Waals surface area contributed by atoms with Crippen molar-refractivity contribution in [3.05, 3.63) is 54.1 Å². The molecular formula is C18H16N2O2S. The second-order valence-corrected chi connectivity index (χ2v) is 6.84. The lowest BCUT2D eigenvalue weighted by Crippen LogP contribution is -2.27. The number of hydrogen-bond donors (Lipinski definition) is 0. The summed E-state index contributed by atoms with van der Waals surface area (Å²) in [6.45, 7) is 3.66. The van der Waals surface area contributed by atoms with E-state index in [0.717, 1.165) is 35.5 Å². The van der Waals surface area contributed by atoms with E-state index in [0.29, 0.717) is 11.7 Å². The first-order chi connectivity index (χ1) is 11.2. The molecule has 1 aromatic heterocycles. The molecule has 1 aliphatic heterocycles. The minimum absolute atomic E-state index is 0.279. The molecule has 4 nitrogen and oxygen atoms in total. The Bertz CT molecular complexity index is 865. The van der Waals surface area contributed by atoms with Gasteiger partial charge in [-0.25, -0.2) is 4.90 Å². The Balaban J connectivity index is 1.84. The maximum absolute atomic E-state index is 12.2. The molecule has 1 fully saturated rings. The van der Waals surface area contributed by atoms with Gasteiger partial charge in [-0.3, -0.25) is 9.59 Å². The van der Waals surface area contributed by atoms with Gasteiger partial charge in [0, 0.05) is 11.6 Å². The molecule has 1 atom stereocenters. The summed E-state index contributed by atoms with van der Waals surface area (Å²) in [6.07, 6.45) is 9.93. The number of rotatable bonds is 2. The Kier molecular flexibility index (Phi) is 3.38. The number of aromatic nitrogens is 1. The number of benzene rings is 1. The molecule has 1 saturated heterocycles. The van der Waals surface area contributed by atoms with Crippen LogP contribution in [0.5, 0.6) is 0 Å². The lowest BCUT2D eigenvalue weighted by Gasteiger charge is -2.20. The van der Waals surface area contributed by atoms with Crippen LogP contribution in [0, 0.1) is 0 Å². The third kappa shape index (κ3) is 2.23. The van der Waals surface area contributed by atoms with Crippen molar-refractivity contribution < 1.29 is 9.59 Å². The first-order valence-electron chi connectivity index (χ1n) is 7.68. The molecule has 4 rings (SSSR count). The van der Waals surface area contributed by atoms with E-state index in [4.69, 9.17) is 0 Å². The van der Waals surface area contributed by atoms with Crippen molar-refractivity contribution in [3.63, 3.8) is 0 Å². The van der Waals surface area contributed by atoms with Crippen LogP contribution in [0.2, 0.25) is 0 Å². The maximum Gasteiger partial charge on any atom is 0.298 e. The SMILES string of the molecule is C=C1SC(=O)N(c2cccc3c2ccn3C2C=CCCC2)C1=O. The van der Waals surface area contributed by atoms with E-state index >= 15 is 0 Å². The van der Waals surface area contributed by atoms with Crippen molar-refractivity contribution in [3.8, 4) is 0 Å². The van der Waals surface area contributed by atoms with Crippen LogP contribution in [0.25, 0.3) is 10.9 Å². The van der Waals surface area contributed by atoms with Crippen LogP contribution in [0.4, 0.5) is 10.5 Å². The number of anilines is 1. The normalized spacial score (nSPS) is 21.7. The van der Waals surface area contributed by atoms with Crippen LogP contribution < -0.4 is 4.90 Å². The Labute approximate surface area is 138 Å². The molecule has 0 saturated carbocycles. The van der Waals surface area contributed by atoms with Gasteiger partial charge in [0.15, 0.2) is 0 Å². The average molecular weight is 324 g/mol. The number of nitrogens with zero attached hydrogens (tertiary/aromatic N) is 2. The van der Waals surface area contributed by atoms with Gasteiger partial charge in [0.25, 0.3) is 11.1 Å². The number of carbonyl (C=O) groups is 2. The van der Waals surface area contributed by atoms with Gasteiger partial charge < -0.3 is 4.57 Å². The third-order valence-corrected chi connectivity index (χ3v) is 5.18. The molecule has 116 valence electrons. The van der Waals surface area contributed by atoms with Crippen molar-refractivity contribution >= 4 is 39.5 Å². The molecule has 5 heteroatoms. The molecule has 1 unspecified atom stereocenters. The Morgan fingerprint density at radius 3 is 2.78 bits per heavy atom.